The summed E-state index contributed by atoms with van der Waals surface area (Å²) in [5.74, 6) is -0.772. The molecule has 1 aromatic carbocycles. The van der Waals surface area contributed by atoms with Crippen LogP contribution < -0.4 is 0 Å². The first-order valence-corrected chi connectivity index (χ1v) is 9.29. The van der Waals surface area contributed by atoms with Gasteiger partial charge in [-0.25, -0.2) is 0 Å². The van der Waals surface area contributed by atoms with E-state index in [1.165, 1.54) is 17.7 Å². The van der Waals surface area contributed by atoms with Gasteiger partial charge in [0.25, 0.3) is 0 Å². The van der Waals surface area contributed by atoms with Crippen molar-refractivity contribution < 1.29 is 18.0 Å². The molecule has 0 radical (unpaired) electrons. The van der Waals surface area contributed by atoms with E-state index in [2.05, 4.69) is 22.0 Å². The standard InChI is InChI=1S/C21H21F3N2O/c22-21(23,24)20-18(7-4-10-25-20)19(27)15-11-16-8-9-17(12-15)26(16)13-14-5-2-1-3-6-14/h1-7,10,15-17H,8-9,11-13H2. The summed E-state index contributed by atoms with van der Waals surface area (Å²) in [7, 11) is 0. The zero-order valence-electron chi connectivity index (χ0n) is 14.8. The number of hydrogen-bond donors (Lipinski definition) is 0. The average Bonchev–Trinajstić information content (AvgIpc) is 2.89. The van der Waals surface area contributed by atoms with Crippen molar-refractivity contribution in [3.63, 3.8) is 0 Å². The zero-order chi connectivity index (χ0) is 19.0. The molecule has 2 saturated heterocycles. The molecular weight excluding hydrogens is 353 g/mol. The van der Waals surface area contributed by atoms with Gasteiger partial charge in [-0.1, -0.05) is 30.3 Å². The lowest BCUT2D eigenvalue weighted by atomic mass is 9.84. The van der Waals surface area contributed by atoms with E-state index in [4.69, 9.17) is 0 Å². The number of aromatic nitrogens is 1. The second kappa shape index (κ2) is 7.08. The molecule has 3 nitrogen and oxygen atoms in total. The van der Waals surface area contributed by atoms with Crippen molar-refractivity contribution >= 4 is 5.78 Å². The van der Waals surface area contributed by atoms with Crippen LogP contribution in [0.2, 0.25) is 0 Å². The normalized spacial score (nSPS) is 25.5. The Hall–Kier alpha value is -2.21. The van der Waals surface area contributed by atoms with E-state index in [0.29, 0.717) is 12.8 Å². The molecule has 2 bridgehead atoms. The smallest absolute Gasteiger partial charge is 0.294 e. The highest BCUT2D eigenvalue weighted by Gasteiger charge is 2.45. The van der Waals surface area contributed by atoms with Crippen molar-refractivity contribution in [3.8, 4) is 0 Å². The summed E-state index contributed by atoms with van der Waals surface area (Å²) in [6.45, 7) is 0.831. The van der Waals surface area contributed by atoms with Gasteiger partial charge in [-0.3, -0.25) is 14.7 Å². The maximum atomic E-state index is 13.2. The maximum Gasteiger partial charge on any atom is 0.434 e. The third-order valence-electron chi connectivity index (χ3n) is 5.80. The van der Waals surface area contributed by atoms with Crippen molar-refractivity contribution in [3.05, 3.63) is 65.5 Å². The molecule has 0 spiro atoms. The summed E-state index contributed by atoms with van der Waals surface area (Å²) in [6.07, 6.45) is -0.283. The Morgan fingerprint density at radius 2 is 1.70 bits per heavy atom. The molecular formula is C21H21F3N2O. The molecule has 0 amide bonds. The third-order valence-corrected chi connectivity index (χ3v) is 5.80. The Kier molecular flexibility index (Phi) is 4.76. The van der Waals surface area contributed by atoms with E-state index in [9.17, 15) is 18.0 Å². The minimum Gasteiger partial charge on any atom is -0.294 e. The predicted molar refractivity (Wildman–Crippen MR) is 95.1 cm³/mol. The van der Waals surface area contributed by atoms with E-state index in [1.807, 2.05) is 18.2 Å². The maximum absolute atomic E-state index is 13.2. The highest BCUT2D eigenvalue weighted by molar-refractivity contribution is 5.99. The lowest BCUT2D eigenvalue weighted by molar-refractivity contribution is -0.141. The van der Waals surface area contributed by atoms with E-state index in [0.717, 1.165) is 25.6 Å². The quantitative estimate of drug-likeness (QED) is 0.726. The average molecular weight is 374 g/mol. The van der Waals surface area contributed by atoms with Gasteiger partial charge in [-0.05, 0) is 43.4 Å². The molecule has 0 aliphatic carbocycles. The van der Waals surface area contributed by atoms with Gasteiger partial charge in [0, 0.05) is 36.3 Å². The molecule has 4 rings (SSSR count). The molecule has 0 N–H and O–H groups in total. The second-order valence-electron chi connectivity index (χ2n) is 7.47. The van der Waals surface area contributed by atoms with Gasteiger partial charge in [0.05, 0.1) is 0 Å². The monoisotopic (exact) mass is 374 g/mol. The van der Waals surface area contributed by atoms with Crippen LogP contribution in [0.1, 0.15) is 47.3 Å². The van der Waals surface area contributed by atoms with Crippen LogP contribution in [-0.2, 0) is 12.7 Å². The highest BCUT2D eigenvalue weighted by Crippen LogP contribution is 2.41. The molecule has 2 aromatic rings. The van der Waals surface area contributed by atoms with Gasteiger partial charge < -0.3 is 0 Å². The number of benzene rings is 1. The molecule has 2 fully saturated rings. The Morgan fingerprint density at radius 3 is 2.33 bits per heavy atom. The minimum atomic E-state index is -4.61. The van der Waals surface area contributed by atoms with E-state index in [1.54, 1.807) is 0 Å². The fraction of sp³-hybridized carbons (Fsp3) is 0.429. The van der Waals surface area contributed by atoms with Crippen LogP contribution in [0, 0.1) is 5.92 Å². The van der Waals surface area contributed by atoms with Crippen LogP contribution in [0.3, 0.4) is 0 Å². The van der Waals surface area contributed by atoms with E-state index >= 15 is 0 Å². The summed E-state index contributed by atoms with van der Waals surface area (Å²) in [6, 6.07) is 13.3. The number of rotatable bonds is 4. The number of piperidine rings is 1. The number of Topliss-reactive ketones (excluding diaryl/α,β-unsaturated/α-hetero) is 1. The number of ketones is 1. The number of hydrogen-bond acceptors (Lipinski definition) is 3. The van der Waals surface area contributed by atoms with Crippen molar-refractivity contribution in [1.82, 2.24) is 9.88 Å². The van der Waals surface area contributed by atoms with Crippen LogP contribution in [0.4, 0.5) is 13.2 Å². The molecule has 2 aliphatic heterocycles. The topological polar surface area (TPSA) is 33.2 Å². The lowest BCUT2D eigenvalue weighted by Crippen LogP contribution is -2.44. The molecule has 142 valence electrons. The summed E-state index contributed by atoms with van der Waals surface area (Å²) in [5.41, 5.74) is -0.120. The summed E-state index contributed by atoms with van der Waals surface area (Å²) < 4.78 is 39.7. The summed E-state index contributed by atoms with van der Waals surface area (Å²) in [4.78, 5) is 18.8. The Balaban J connectivity index is 1.51. The van der Waals surface area contributed by atoms with Crippen LogP contribution in [-0.4, -0.2) is 27.8 Å². The van der Waals surface area contributed by atoms with Crippen LogP contribution in [0.5, 0.6) is 0 Å². The Bertz CT molecular complexity index is 808. The number of carbonyl (C=O) groups is 1. The molecule has 1 aromatic heterocycles. The van der Waals surface area contributed by atoms with Crippen molar-refractivity contribution in [2.75, 3.05) is 0 Å². The minimum absolute atomic E-state index is 0.254. The number of carbonyl (C=O) groups excluding carboxylic acids is 1. The van der Waals surface area contributed by atoms with Crippen molar-refractivity contribution in [2.45, 2.75) is 50.5 Å². The largest absolute Gasteiger partial charge is 0.434 e. The van der Waals surface area contributed by atoms with Crippen molar-refractivity contribution in [1.29, 1.82) is 0 Å². The first-order valence-electron chi connectivity index (χ1n) is 9.29. The molecule has 27 heavy (non-hydrogen) atoms. The van der Waals surface area contributed by atoms with Gasteiger partial charge in [0.15, 0.2) is 11.5 Å². The molecule has 3 heterocycles. The molecule has 2 unspecified atom stereocenters. The lowest BCUT2D eigenvalue weighted by Gasteiger charge is -2.38. The van der Waals surface area contributed by atoms with Gasteiger partial charge >= 0.3 is 6.18 Å². The molecule has 0 saturated carbocycles. The summed E-state index contributed by atoms with van der Waals surface area (Å²) >= 11 is 0. The van der Waals surface area contributed by atoms with Gasteiger partial charge in [0.1, 0.15) is 0 Å². The number of alkyl halides is 3. The predicted octanol–water partition coefficient (Wildman–Crippen LogP) is 4.73. The van der Waals surface area contributed by atoms with E-state index in [-0.39, 0.29) is 23.6 Å². The first kappa shape index (κ1) is 18.2. The number of fused-ring (bicyclic) bond motifs is 2. The number of nitrogens with zero attached hydrogens (tertiary/aromatic N) is 2. The Morgan fingerprint density at radius 1 is 1.04 bits per heavy atom. The summed E-state index contributed by atoms with van der Waals surface area (Å²) in [5, 5.41) is 0. The van der Waals surface area contributed by atoms with Crippen LogP contribution in [0.15, 0.2) is 48.7 Å². The van der Waals surface area contributed by atoms with Crippen LogP contribution in [0.25, 0.3) is 0 Å². The Labute approximate surface area is 156 Å². The van der Waals surface area contributed by atoms with Gasteiger partial charge in [-0.15, -0.1) is 0 Å². The van der Waals surface area contributed by atoms with E-state index < -0.39 is 17.7 Å². The fourth-order valence-corrected chi connectivity index (χ4v) is 4.59. The third kappa shape index (κ3) is 3.63. The highest BCUT2D eigenvalue weighted by atomic mass is 19.4. The molecule has 6 heteroatoms. The SMILES string of the molecule is O=C(c1cccnc1C(F)(F)F)C1CC2CCC(C1)N2Cc1ccccc1. The number of pyridine rings is 1. The fourth-order valence-electron chi connectivity index (χ4n) is 4.59. The van der Waals surface area contributed by atoms with Crippen molar-refractivity contribution in [2.24, 2.45) is 5.92 Å². The zero-order valence-corrected chi connectivity index (χ0v) is 14.8. The molecule has 2 aliphatic rings. The van der Waals surface area contributed by atoms with Gasteiger partial charge in [-0.2, -0.15) is 13.2 Å². The van der Waals surface area contributed by atoms with Gasteiger partial charge in [0.2, 0.25) is 0 Å². The van der Waals surface area contributed by atoms with Crippen LogP contribution >= 0.6 is 0 Å². The second-order valence-corrected chi connectivity index (χ2v) is 7.47. The number of halogens is 3. The first-order chi connectivity index (χ1) is 12.9. The molecule has 2 atom stereocenters.